The molecule has 0 aliphatic heterocycles. The molecule has 0 heterocycles. The highest BCUT2D eigenvalue weighted by Crippen LogP contribution is 2.18. The standard InChI is InChI=1S/C12H14BrNO2/c1-8-4-5-10(6-11(8)16-3)12(15)14-7-9(2)13/h4-6H,2,7H2,1,3H3,(H,14,15). The normalized spacial score (nSPS) is 9.69. The zero-order chi connectivity index (χ0) is 12.1. The van der Waals surface area contributed by atoms with Gasteiger partial charge < -0.3 is 10.1 Å². The van der Waals surface area contributed by atoms with Crippen LogP contribution >= 0.6 is 15.9 Å². The number of hydrogen-bond donors (Lipinski definition) is 1. The van der Waals surface area contributed by atoms with Crippen LogP contribution in [-0.4, -0.2) is 19.6 Å². The van der Waals surface area contributed by atoms with E-state index in [-0.39, 0.29) is 5.91 Å². The number of nitrogens with one attached hydrogen (secondary N) is 1. The van der Waals surface area contributed by atoms with Crippen molar-refractivity contribution in [3.05, 3.63) is 40.4 Å². The van der Waals surface area contributed by atoms with Crippen LogP contribution < -0.4 is 10.1 Å². The van der Waals surface area contributed by atoms with Gasteiger partial charge in [0.2, 0.25) is 0 Å². The highest BCUT2D eigenvalue weighted by Gasteiger charge is 2.07. The van der Waals surface area contributed by atoms with Gasteiger partial charge in [-0.2, -0.15) is 0 Å². The number of halogens is 1. The lowest BCUT2D eigenvalue weighted by molar-refractivity contribution is 0.0957. The van der Waals surface area contributed by atoms with E-state index in [1.165, 1.54) is 0 Å². The molecule has 4 heteroatoms. The van der Waals surface area contributed by atoms with Crippen molar-refractivity contribution in [2.45, 2.75) is 6.92 Å². The lowest BCUT2D eigenvalue weighted by Gasteiger charge is -2.08. The van der Waals surface area contributed by atoms with E-state index in [2.05, 4.69) is 27.8 Å². The van der Waals surface area contributed by atoms with E-state index in [1.807, 2.05) is 13.0 Å². The van der Waals surface area contributed by atoms with Gasteiger partial charge in [0.15, 0.2) is 0 Å². The molecule has 0 fully saturated rings. The van der Waals surface area contributed by atoms with Crippen LogP contribution in [0.2, 0.25) is 0 Å². The SMILES string of the molecule is C=C(Br)CNC(=O)c1ccc(C)c(OC)c1. The number of benzene rings is 1. The fourth-order valence-corrected chi connectivity index (χ4v) is 1.38. The van der Waals surface area contributed by atoms with Crippen molar-refractivity contribution in [2.75, 3.05) is 13.7 Å². The molecule has 16 heavy (non-hydrogen) atoms. The Kier molecular flexibility index (Phi) is 4.55. The smallest absolute Gasteiger partial charge is 0.251 e. The zero-order valence-corrected chi connectivity index (χ0v) is 10.9. The molecule has 1 aromatic rings. The first kappa shape index (κ1) is 12.8. The van der Waals surface area contributed by atoms with Gasteiger partial charge in [0.1, 0.15) is 5.75 Å². The first-order valence-electron chi connectivity index (χ1n) is 4.80. The van der Waals surface area contributed by atoms with E-state index in [4.69, 9.17) is 4.74 Å². The Hall–Kier alpha value is -1.29. The number of hydrogen-bond acceptors (Lipinski definition) is 2. The average molecular weight is 284 g/mol. The number of rotatable bonds is 4. The molecule has 1 amide bonds. The minimum atomic E-state index is -0.140. The van der Waals surface area contributed by atoms with Gasteiger partial charge in [-0.3, -0.25) is 4.79 Å². The minimum absolute atomic E-state index is 0.140. The summed E-state index contributed by atoms with van der Waals surface area (Å²) in [5.74, 6) is 0.573. The van der Waals surface area contributed by atoms with Gasteiger partial charge in [-0.1, -0.05) is 28.6 Å². The largest absolute Gasteiger partial charge is 0.496 e. The van der Waals surface area contributed by atoms with Crippen LogP contribution in [0.3, 0.4) is 0 Å². The summed E-state index contributed by atoms with van der Waals surface area (Å²) in [5, 5.41) is 2.73. The number of amides is 1. The summed E-state index contributed by atoms with van der Waals surface area (Å²) >= 11 is 3.18. The lowest BCUT2D eigenvalue weighted by Crippen LogP contribution is -2.24. The Balaban J connectivity index is 2.80. The van der Waals surface area contributed by atoms with E-state index < -0.39 is 0 Å². The molecule has 0 spiro atoms. The topological polar surface area (TPSA) is 38.3 Å². The second-order valence-corrected chi connectivity index (χ2v) is 4.51. The van der Waals surface area contributed by atoms with Gasteiger partial charge in [-0.15, -0.1) is 0 Å². The summed E-state index contributed by atoms with van der Waals surface area (Å²) in [5.41, 5.74) is 1.58. The number of carbonyl (C=O) groups excluding carboxylic acids is 1. The zero-order valence-electron chi connectivity index (χ0n) is 9.34. The number of methoxy groups -OCH3 is 1. The molecule has 0 unspecified atom stereocenters. The minimum Gasteiger partial charge on any atom is -0.496 e. The van der Waals surface area contributed by atoms with Crippen LogP contribution in [0, 0.1) is 6.92 Å². The molecule has 0 radical (unpaired) electrons. The van der Waals surface area contributed by atoms with E-state index >= 15 is 0 Å². The average Bonchev–Trinajstić information content (AvgIpc) is 2.26. The van der Waals surface area contributed by atoms with Gasteiger partial charge in [-0.05, 0) is 24.6 Å². The van der Waals surface area contributed by atoms with Gasteiger partial charge in [0.05, 0.1) is 7.11 Å². The molecule has 1 aromatic carbocycles. The molecule has 0 aliphatic rings. The van der Waals surface area contributed by atoms with E-state index in [9.17, 15) is 4.79 Å². The summed E-state index contributed by atoms with van der Waals surface area (Å²) in [7, 11) is 1.59. The second-order valence-electron chi connectivity index (χ2n) is 3.38. The molecule has 1 N–H and O–H groups in total. The predicted octanol–water partition coefficient (Wildman–Crippen LogP) is 2.64. The number of aryl methyl sites for hydroxylation is 1. The van der Waals surface area contributed by atoms with Crippen molar-refractivity contribution < 1.29 is 9.53 Å². The Morgan fingerprint density at radius 3 is 2.81 bits per heavy atom. The fraction of sp³-hybridized carbons (Fsp3) is 0.250. The molecule has 1 rings (SSSR count). The fourth-order valence-electron chi connectivity index (χ4n) is 1.24. The molecule has 0 aromatic heterocycles. The third-order valence-electron chi connectivity index (χ3n) is 2.11. The Morgan fingerprint density at radius 2 is 2.25 bits per heavy atom. The van der Waals surface area contributed by atoms with E-state index in [1.54, 1.807) is 19.2 Å². The Morgan fingerprint density at radius 1 is 1.56 bits per heavy atom. The summed E-state index contributed by atoms with van der Waals surface area (Å²) in [6.45, 7) is 5.99. The van der Waals surface area contributed by atoms with Crippen LogP contribution in [0.25, 0.3) is 0 Å². The molecular weight excluding hydrogens is 270 g/mol. The highest BCUT2D eigenvalue weighted by molar-refractivity contribution is 9.11. The maximum atomic E-state index is 11.7. The van der Waals surface area contributed by atoms with Crippen molar-refractivity contribution in [3.63, 3.8) is 0 Å². The molecule has 86 valence electrons. The number of carbonyl (C=O) groups is 1. The van der Waals surface area contributed by atoms with E-state index in [0.29, 0.717) is 17.9 Å². The summed E-state index contributed by atoms with van der Waals surface area (Å²) in [6, 6.07) is 5.35. The van der Waals surface area contributed by atoms with Gasteiger partial charge in [0.25, 0.3) is 5.91 Å². The molecule has 0 saturated carbocycles. The van der Waals surface area contributed by atoms with Crippen molar-refractivity contribution >= 4 is 21.8 Å². The quantitative estimate of drug-likeness (QED) is 0.923. The lowest BCUT2D eigenvalue weighted by atomic mass is 10.1. The van der Waals surface area contributed by atoms with Crippen molar-refractivity contribution in [1.29, 1.82) is 0 Å². The van der Waals surface area contributed by atoms with Crippen LogP contribution in [-0.2, 0) is 0 Å². The monoisotopic (exact) mass is 283 g/mol. The van der Waals surface area contributed by atoms with Crippen molar-refractivity contribution in [1.82, 2.24) is 5.32 Å². The van der Waals surface area contributed by atoms with Gasteiger partial charge in [0, 0.05) is 16.6 Å². The third-order valence-corrected chi connectivity index (χ3v) is 2.39. The number of ether oxygens (including phenoxy) is 1. The second kappa shape index (κ2) is 5.70. The summed E-state index contributed by atoms with van der Waals surface area (Å²) in [4.78, 5) is 11.7. The first-order chi connectivity index (χ1) is 7.54. The van der Waals surface area contributed by atoms with Crippen molar-refractivity contribution in [2.24, 2.45) is 0 Å². The van der Waals surface area contributed by atoms with E-state index in [0.717, 1.165) is 10.0 Å². The summed E-state index contributed by atoms with van der Waals surface area (Å²) < 4.78 is 5.89. The maximum absolute atomic E-state index is 11.7. The van der Waals surface area contributed by atoms with Crippen molar-refractivity contribution in [3.8, 4) is 5.75 Å². The Labute approximate surface area is 104 Å². The van der Waals surface area contributed by atoms with Crippen LogP contribution in [0.1, 0.15) is 15.9 Å². The maximum Gasteiger partial charge on any atom is 0.251 e. The van der Waals surface area contributed by atoms with Gasteiger partial charge in [-0.25, -0.2) is 0 Å². The molecule has 0 aliphatic carbocycles. The molecular formula is C12H14BrNO2. The molecule has 3 nitrogen and oxygen atoms in total. The third kappa shape index (κ3) is 3.38. The first-order valence-corrected chi connectivity index (χ1v) is 5.60. The molecule has 0 atom stereocenters. The van der Waals surface area contributed by atoms with Crippen LogP contribution in [0.4, 0.5) is 0 Å². The Bertz CT molecular complexity index is 415. The van der Waals surface area contributed by atoms with Crippen LogP contribution in [0.15, 0.2) is 29.3 Å². The summed E-state index contributed by atoms with van der Waals surface area (Å²) in [6.07, 6.45) is 0. The molecule has 0 saturated heterocycles. The van der Waals surface area contributed by atoms with Gasteiger partial charge >= 0.3 is 0 Å². The van der Waals surface area contributed by atoms with Crippen LogP contribution in [0.5, 0.6) is 5.75 Å². The highest BCUT2D eigenvalue weighted by atomic mass is 79.9. The predicted molar refractivity (Wildman–Crippen MR) is 68.1 cm³/mol. The molecule has 0 bridgehead atoms.